The van der Waals surface area contributed by atoms with E-state index in [1.54, 1.807) is 19.1 Å². The molecule has 19 heavy (non-hydrogen) atoms. The number of benzene rings is 1. The Morgan fingerprint density at radius 2 is 2.21 bits per heavy atom. The van der Waals surface area contributed by atoms with Crippen molar-refractivity contribution >= 4 is 11.5 Å². The third-order valence-corrected chi connectivity index (χ3v) is 2.67. The Morgan fingerprint density at radius 3 is 2.89 bits per heavy atom. The number of pyridine rings is 1. The van der Waals surface area contributed by atoms with Gasteiger partial charge in [0.15, 0.2) is 0 Å². The molecule has 0 bridgehead atoms. The van der Waals surface area contributed by atoms with E-state index in [0.29, 0.717) is 12.1 Å². The van der Waals surface area contributed by atoms with Crippen molar-refractivity contribution in [2.75, 3.05) is 5.32 Å². The lowest BCUT2D eigenvalue weighted by atomic mass is 10.1. The summed E-state index contributed by atoms with van der Waals surface area (Å²) in [5.41, 5.74) is 1.29. The highest BCUT2D eigenvalue weighted by molar-refractivity contribution is 5.55. The second kappa shape index (κ2) is 5.43. The minimum absolute atomic E-state index is 0.0821. The highest BCUT2D eigenvalue weighted by Gasteiger charge is 2.13. The molecule has 1 aromatic carbocycles. The highest BCUT2D eigenvalue weighted by atomic mass is 19.1. The Labute approximate surface area is 109 Å². The van der Waals surface area contributed by atoms with Crippen LogP contribution in [0.25, 0.3) is 0 Å². The molecule has 0 aliphatic carbocycles. The van der Waals surface area contributed by atoms with Crippen molar-refractivity contribution in [1.82, 2.24) is 4.98 Å². The molecular weight excluding hydrogens is 249 g/mol. The van der Waals surface area contributed by atoms with Gasteiger partial charge in [0.25, 0.3) is 0 Å². The van der Waals surface area contributed by atoms with Gasteiger partial charge in [-0.25, -0.2) is 9.37 Å². The minimum Gasteiger partial charge on any atom is -0.360 e. The maximum absolute atomic E-state index is 13.1. The Morgan fingerprint density at radius 1 is 1.42 bits per heavy atom. The first-order valence-electron chi connectivity index (χ1n) is 5.66. The molecule has 2 aromatic rings. The summed E-state index contributed by atoms with van der Waals surface area (Å²) in [4.78, 5) is 14.2. The monoisotopic (exact) mass is 261 g/mol. The SMILES string of the molecule is Cc1cc(CNc2ncccc2[N+](=O)[O-])ccc1F. The van der Waals surface area contributed by atoms with Crippen LogP contribution in [0.2, 0.25) is 0 Å². The number of anilines is 1. The number of nitrogens with one attached hydrogen (secondary N) is 1. The fourth-order valence-corrected chi connectivity index (χ4v) is 1.68. The lowest BCUT2D eigenvalue weighted by Crippen LogP contribution is -2.04. The van der Waals surface area contributed by atoms with E-state index in [4.69, 9.17) is 0 Å². The van der Waals surface area contributed by atoms with Gasteiger partial charge >= 0.3 is 5.69 Å². The normalized spacial score (nSPS) is 10.2. The van der Waals surface area contributed by atoms with Gasteiger partial charge in [0, 0.05) is 18.8 Å². The van der Waals surface area contributed by atoms with E-state index in [2.05, 4.69) is 10.3 Å². The van der Waals surface area contributed by atoms with Gasteiger partial charge in [-0.2, -0.15) is 0 Å². The molecule has 0 aliphatic rings. The van der Waals surface area contributed by atoms with Crippen molar-refractivity contribution in [3.8, 4) is 0 Å². The van der Waals surface area contributed by atoms with Crippen LogP contribution in [0.3, 0.4) is 0 Å². The predicted octanol–water partition coefficient (Wildman–Crippen LogP) is 3.05. The van der Waals surface area contributed by atoms with Crippen LogP contribution in [0.4, 0.5) is 15.9 Å². The number of halogens is 1. The van der Waals surface area contributed by atoms with E-state index in [-0.39, 0.29) is 17.3 Å². The zero-order valence-electron chi connectivity index (χ0n) is 10.3. The molecule has 6 heteroatoms. The molecular formula is C13H12FN3O2. The van der Waals surface area contributed by atoms with E-state index in [9.17, 15) is 14.5 Å². The van der Waals surface area contributed by atoms with Crippen LogP contribution in [0.5, 0.6) is 0 Å². The molecule has 0 saturated heterocycles. The van der Waals surface area contributed by atoms with Gasteiger partial charge in [-0.15, -0.1) is 0 Å². The molecule has 0 unspecified atom stereocenters. The van der Waals surface area contributed by atoms with Crippen molar-refractivity contribution in [1.29, 1.82) is 0 Å². The van der Waals surface area contributed by atoms with Gasteiger partial charge in [-0.05, 0) is 30.2 Å². The van der Waals surface area contributed by atoms with Gasteiger partial charge in [0.05, 0.1) is 4.92 Å². The van der Waals surface area contributed by atoms with E-state index in [1.165, 1.54) is 24.4 Å². The molecule has 98 valence electrons. The van der Waals surface area contributed by atoms with Crippen LogP contribution in [0.15, 0.2) is 36.5 Å². The summed E-state index contributed by atoms with van der Waals surface area (Å²) in [5.74, 6) is -0.0676. The Hall–Kier alpha value is -2.50. The summed E-state index contributed by atoms with van der Waals surface area (Å²) in [6.07, 6.45) is 1.48. The fourth-order valence-electron chi connectivity index (χ4n) is 1.68. The summed E-state index contributed by atoms with van der Waals surface area (Å²) >= 11 is 0. The Bertz CT molecular complexity index is 617. The van der Waals surface area contributed by atoms with Crippen LogP contribution in [0, 0.1) is 22.9 Å². The molecule has 0 aliphatic heterocycles. The molecule has 0 fully saturated rings. The molecule has 1 N–H and O–H groups in total. The van der Waals surface area contributed by atoms with Crippen molar-refractivity contribution in [3.63, 3.8) is 0 Å². The molecule has 1 aromatic heterocycles. The summed E-state index contributed by atoms with van der Waals surface area (Å²) in [5, 5.41) is 13.7. The summed E-state index contributed by atoms with van der Waals surface area (Å²) in [6.45, 7) is 2.01. The molecule has 0 atom stereocenters. The number of hydrogen-bond acceptors (Lipinski definition) is 4. The maximum Gasteiger partial charge on any atom is 0.311 e. The minimum atomic E-state index is -0.495. The van der Waals surface area contributed by atoms with Crippen molar-refractivity contribution in [3.05, 3.63) is 63.6 Å². The molecule has 0 spiro atoms. The summed E-state index contributed by atoms with van der Waals surface area (Å²) in [6, 6.07) is 7.58. The topological polar surface area (TPSA) is 68.1 Å². The lowest BCUT2D eigenvalue weighted by Gasteiger charge is -2.07. The first-order chi connectivity index (χ1) is 9.08. The van der Waals surface area contributed by atoms with Crippen molar-refractivity contribution < 1.29 is 9.31 Å². The molecule has 0 amide bonds. The number of nitro groups is 1. The standard InChI is InChI=1S/C13H12FN3O2/c1-9-7-10(4-5-11(9)14)8-16-13-12(17(18)19)3-2-6-15-13/h2-7H,8H2,1H3,(H,15,16). The smallest absolute Gasteiger partial charge is 0.311 e. The molecule has 2 rings (SSSR count). The maximum atomic E-state index is 13.1. The van der Waals surface area contributed by atoms with Crippen LogP contribution < -0.4 is 5.32 Å². The lowest BCUT2D eigenvalue weighted by molar-refractivity contribution is -0.384. The van der Waals surface area contributed by atoms with Gasteiger partial charge in [-0.3, -0.25) is 10.1 Å². The summed E-state index contributed by atoms with van der Waals surface area (Å²) in [7, 11) is 0. The third kappa shape index (κ3) is 3.04. The molecule has 5 nitrogen and oxygen atoms in total. The zero-order chi connectivity index (χ0) is 13.8. The number of rotatable bonds is 4. The van der Waals surface area contributed by atoms with Crippen LogP contribution in [-0.2, 0) is 6.54 Å². The largest absolute Gasteiger partial charge is 0.360 e. The fraction of sp³-hybridized carbons (Fsp3) is 0.154. The molecule has 0 saturated carbocycles. The zero-order valence-corrected chi connectivity index (χ0v) is 10.3. The molecule has 0 radical (unpaired) electrons. The van der Waals surface area contributed by atoms with Crippen LogP contribution >= 0.6 is 0 Å². The van der Waals surface area contributed by atoms with Crippen LogP contribution in [0.1, 0.15) is 11.1 Å². The van der Waals surface area contributed by atoms with Crippen LogP contribution in [-0.4, -0.2) is 9.91 Å². The number of aryl methyl sites for hydroxylation is 1. The molecule has 1 heterocycles. The van der Waals surface area contributed by atoms with E-state index in [1.807, 2.05) is 0 Å². The van der Waals surface area contributed by atoms with Gasteiger partial charge < -0.3 is 5.32 Å². The first kappa shape index (κ1) is 12.9. The Kier molecular flexibility index (Phi) is 3.70. The van der Waals surface area contributed by atoms with Crippen molar-refractivity contribution in [2.45, 2.75) is 13.5 Å². The van der Waals surface area contributed by atoms with Gasteiger partial charge in [0.2, 0.25) is 5.82 Å². The second-order valence-corrected chi connectivity index (χ2v) is 4.07. The third-order valence-electron chi connectivity index (χ3n) is 2.67. The second-order valence-electron chi connectivity index (χ2n) is 4.07. The summed E-state index contributed by atoms with van der Waals surface area (Å²) < 4.78 is 13.1. The van der Waals surface area contributed by atoms with Gasteiger partial charge in [-0.1, -0.05) is 12.1 Å². The average Bonchev–Trinajstić information content (AvgIpc) is 2.40. The van der Waals surface area contributed by atoms with E-state index < -0.39 is 4.92 Å². The number of aromatic nitrogens is 1. The Balaban J connectivity index is 2.14. The van der Waals surface area contributed by atoms with E-state index >= 15 is 0 Å². The average molecular weight is 261 g/mol. The predicted molar refractivity (Wildman–Crippen MR) is 69.4 cm³/mol. The highest BCUT2D eigenvalue weighted by Crippen LogP contribution is 2.21. The van der Waals surface area contributed by atoms with Crippen molar-refractivity contribution in [2.24, 2.45) is 0 Å². The number of hydrogen-bond donors (Lipinski definition) is 1. The van der Waals surface area contributed by atoms with Gasteiger partial charge in [0.1, 0.15) is 5.82 Å². The first-order valence-corrected chi connectivity index (χ1v) is 5.66. The van der Waals surface area contributed by atoms with E-state index in [0.717, 1.165) is 5.56 Å². The quantitative estimate of drug-likeness (QED) is 0.678. The number of nitrogens with zero attached hydrogens (tertiary/aromatic N) is 2.